The highest BCUT2D eigenvalue weighted by Gasteiger charge is 2.15. The Morgan fingerprint density at radius 2 is 1.59 bits per heavy atom. The molecule has 0 aliphatic heterocycles. The number of nitrogens with one attached hydrogen (secondary N) is 1. The highest BCUT2D eigenvalue weighted by Crippen LogP contribution is 2.42. The van der Waals surface area contributed by atoms with Gasteiger partial charge in [-0.25, -0.2) is 0 Å². The van der Waals surface area contributed by atoms with Gasteiger partial charge in [-0.3, -0.25) is 9.59 Å². The molecule has 1 heterocycles. The van der Waals surface area contributed by atoms with E-state index in [1.54, 1.807) is 36.4 Å². The molecule has 5 N–H and O–H groups in total. The quantitative estimate of drug-likeness (QED) is 0.239. The van der Waals surface area contributed by atoms with Crippen LogP contribution in [0.2, 0.25) is 0 Å². The van der Waals surface area contributed by atoms with Crippen molar-refractivity contribution in [3.8, 4) is 38.8 Å². The van der Waals surface area contributed by atoms with E-state index in [4.69, 9.17) is 5.11 Å². The molecule has 34 heavy (non-hydrogen) atoms. The first-order valence-electron chi connectivity index (χ1n) is 10.3. The lowest BCUT2D eigenvalue weighted by Gasteiger charge is -2.11. The van der Waals surface area contributed by atoms with E-state index in [0.717, 1.165) is 15.3 Å². The topological polar surface area (TPSA) is 127 Å². The molecule has 0 saturated heterocycles. The second-order valence-corrected chi connectivity index (χ2v) is 8.81. The van der Waals surface area contributed by atoms with Crippen LogP contribution < -0.4 is 5.32 Å². The molecule has 8 heteroatoms. The number of benzene rings is 3. The predicted octanol–water partition coefficient (Wildman–Crippen LogP) is 5.01. The van der Waals surface area contributed by atoms with Crippen molar-refractivity contribution in [3.63, 3.8) is 0 Å². The number of phenols is 3. The number of carbonyl (C=O) groups is 2. The highest BCUT2D eigenvalue weighted by molar-refractivity contribution is 7.15. The molecular weight excluding hydrogens is 454 g/mol. The Morgan fingerprint density at radius 3 is 2.38 bits per heavy atom. The number of hydrogen-bond acceptors (Lipinski definition) is 6. The van der Waals surface area contributed by atoms with Gasteiger partial charge in [0.15, 0.2) is 11.5 Å². The number of carboxylic acid groups (broad SMARTS) is 1. The molecule has 0 aliphatic rings. The number of hydrogen-bond donors (Lipinski definition) is 5. The van der Waals surface area contributed by atoms with E-state index in [0.29, 0.717) is 22.4 Å². The molecule has 0 radical (unpaired) electrons. The summed E-state index contributed by atoms with van der Waals surface area (Å²) >= 11 is 1.37. The van der Waals surface area contributed by atoms with Gasteiger partial charge in [0.1, 0.15) is 0 Å². The maximum absolute atomic E-state index is 12.8. The number of rotatable bonds is 7. The van der Waals surface area contributed by atoms with Crippen molar-refractivity contribution in [2.24, 2.45) is 0 Å². The summed E-state index contributed by atoms with van der Waals surface area (Å²) in [5.41, 5.74) is 3.03. The van der Waals surface area contributed by atoms with Gasteiger partial charge < -0.3 is 25.7 Å². The van der Waals surface area contributed by atoms with Crippen molar-refractivity contribution in [2.75, 3.05) is 5.32 Å². The number of thiophene rings is 1. The number of anilines is 1. The van der Waals surface area contributed by atoms with Crippen LogP contribution in [0.3, 0.4) is 0 Å². The zero-order chi connectivity index (χ0) is 24.2. The van der Waals surface area contributed by atoms with Crippen molar-refractivity contribution < 1.29 is 30.0 Å². The Balaban J connectivity index is 1.52. The lowest BCUT2D eigenvalue weighted by molar-refractivity contribution is -0.136. The molecule has 0 unspecified atom stereocenters. The minimum absolute atomic E-state index is 0.0517. The van der Waals surface area contributed by atoms with E-state index in [-0.39, 0.29) is 18.7 Å². The minimum Gasteiger partial charge on any atom is -0.504 e. The number of aromatic hydroxyl groups is 3. The van der Waals surface area contributed by atoms with Crippen LogP contribution in [-0.4, -0.2) is 32.3 Å². The first-order valence-corrected chi connectivity index (χ1v) is 11.2. The van der Waals surface area contributed by atoms with E-state index in [1.165, 1.54) is 23.5 Å². The zero-order valence-corrected chi connectivity index (χ0v) is 18.7. The average molecular weight is 476 g/mol. The normalized spacial score (nSPS) is 10.7. The molecule has 0 fully saturated rings. The van der Waals surface area contributed by atoms with Crippen molar-refractivity contribution in [2.45, 2.75) is 12.8 Å². The Bertz CT molecular complexity index is 1380. The van der Waals surface area contributed by atoms with Crippen molar-refractivity contribution in [1.82, 2.24) is 0 Å². The maximum Gasteiger partial charge on any atom is 0.308 e. The number of aliphatic carboxylic acids is 1. The third-order valence-electron chi connectivity index (χ3n) is 5.19. The van der Waals surface area contributed by atoms with Crippen LogP contribution in [0.25, 0.3) is 21.6 Å². The molecule has 1 amide bonds. The number of para-hydroxylation sites is 1. The summed E-state index contributed by atoms with van der Waals surface area (Å²) < 4.78 is 0. The molecule has 4 aromatic rings. The Kier molecular flexibility index (Phi) is 6.51. The van der Waals surface area contributed by atoms with Crippen LogP contribution in [0, 0.1) is 0 Å². The number of carboxylic acids is 1. The molecule has 1 aromatic heterocycles. The van der Waals surface area contributed by atoms with Gasteiger partial charge in [0.25, 0.3) is 0 Å². The van der Waals surface area contributed by atoms with Gasteiger partial charge in [-0.15, -0.1) is 11.3 Å². The van der Waals surface area contributed by atoms with E-state index < -0.39 is 23.2 Å². The average Bonchev–Trinajstić information content (AvgIpc) is 3.25. The molecule has 7 nitrogen and oxygen atoms in total. The van der Waals surface area contributed by atoms with Crippen LogP contribution >= 0.6 is 11.3 Å². The van der Waals surface area contributed by atoms with Crippen LogP contribution in [0.5, 0.6) is 17.2 Å². The molecule has 0 saturated carbocycles. The van der Waals surface area contributed by atoms with Crippen LogP contribution in [0.15, 0.2) is 72.8 Å². The monoisotopic (exact) mass is 475 g/mol. The van der Waals surface area contributed by atoms with Gasteiger partial charge in [0.05, 0.1) is 12.8 Å². The third kappa shape index (κ3) is 5.02. The molecule has 0 atom stereocenters. The Hall–Kier alpha value is -4.30. The van der Waals surface area contributed by atoms with Crippen LogP contribution in [0.4, 0.5) is 5.69 Å². The first kappa shape index (κ1) is 22.9. The number of amides is 1. The summed E-state index contributed by atoms with van der Waals surface area (Å²) in [6.45, 7) is 0. The highest BCUT2D eigenvalue weighted by atomic mass is 32.1. The summed E-state index contributed by atoms with van der Waals surface area (Å²) in [4.78, 5) is 25.4. The molecule has 3 aromatic carbocycles. The van der Waals surface area contributed by atoms with Gasteiger partial charge in [0, 0.05) is 26.6 Å². The SMILES string of the molecule is O=C(O)Cc1ccc(-c2ccccc2NC(=O)Cc2cccc(-c3ccc(O)c(O)c3O)c2)s1. The third-order valence-corrected chi connectivity index (χ3v) is 6.30. The fourth-order valence-electron chi connectivity index (χ4n) is 3.60. The fourth-order valence-corrected chi connectivity index (χ4v) is 4.64. The summed E-state index contributed by atoms with van der Waals surface area (Å²) in [6, 6.07) is 20.7. The molecular formula is C26H21NO6S. The summed E-state index contributed by atoms with van der Waals surface area (Å²) in [6.07, 6.45) is 0.0194. The fraction of sp³-hybridized carbons (Fsp3) is 0.0769. The largest absolute Gasteiger partial charge is 0.504 e. The standard InChI is InChI=1S/C26H21NO6S/c28-21-10-9-18(25(32)26(21)33)16-5-3-4-15(12-16)13-23(29)27-20-7-2-1-6-19(20)22-11-8-17(34-22)14-24(30)31/h1-12,28,32-33H,13-14H2,(H,27,29)(H,30,31). The van der Waals surface area contributed by atoms with Gasteiger partial charge in [-0.05, 0) is 41.5 Å². The van der Waals surface area contributed by atoms with E-state index >= 15 is 0 Å². The van der Waals surface area contributed by atoms with Crippen molar-refractivity contribution >= 4 is 28.9 Å². The molecule has 4 rings (SSSR count). The Morgan fingerprint density at radius 1 is 0.794 bits per heavy atom. The minimum atomic E-state index is -0.895. The molecule has 0 spiro atoms. The lowest BCUT2D eigenvalue weighted by atomic mass is 10.00. The number of carbonyl (C=O) groups excluding carboxylic acids is 1. The van der Waals surface area contributed by atoms with Crippen molar-refractivity contribution in [3.05, 3.63) is 83.2 Å². The second kappa shape index (κ2) is 9.68. The Labute approximate surface area is 199 Å². The van der Waals surface area contributed by atoms with Gasteiger partial charge in [-0.1, -0.05) is 42.5 Å². The summed E-state index contributed by atoms with van der Waals surface area (Å²) in [5.74, 6) is -2.60. The van der Waals surface area contributed by atoms with Gasteiger partial charge >= 0.3 is 5.97 Å². The smallest absolute Gasteiger partial charge is 0.308 e. The summed E-state index contributed by atoms with van der Waals surface area (Å²) in [7, 11) is 0. The van der Waals surface area contributed by atoms with E-state index in [9.17, 15) is 24.9 Å². The molecule has 0 bridgehead atoms. The maximum atomic E-state index is 12.8. The van der Waals surface area contributed by atoms with Crippen molar-refractivity contribution in [1.29, 1.82) is 0 Å². The summed E-state index contributed by atoms with van der Waals surface area (Å²) in [5, 5.41) is 41.4. The first-order chi connectivity index (χ1) is 16.3. The van der Waals surface area contributed by atoms with Crippen LogP contribution in [0.1, 0.15) is 10.4 Å². The number of phenolic OH excluding ortho intramolecular Hbond substituents is 3. The zero-order valence-electron chi connectivity index (χ0n) is 17.9. The molecule has 0 aliphatic carbocycles. The van der Waals surface area contributed by atoms with E-state index in [1.807, 2.05) is 24.3 Å². The van der Waals surface area contributed by atoms with Gasteiger partial charge in [-0.2, -0.15) is 0 Å². The predicted molar refractivity (Wildman–Crippen MR) is 130 cm³/mol. The molecule has 172 valence electrons. The van der Waals surface area contributed by atoms with Gasteiger partial charge in [0.2, 0.25) is 11.7 Å². The van der Waals surface area contributed by atoms with Crippen LogP contribution in [-0.2, 0) is 22.4 Å². The lowest BCUT2D eigenvalue weighted by Crippen LogP contribution is -2.15. The van der Waals surface area contributed by atoms with E-state index in [2.05, 4.69) is 5.32 Å². The second-order valence-electron chi connectivity index (χ2n) is 7.64.